The monoisotopic (exact) mass is 388 g/mol. The van der Waals surface area contributed by atoms with Crippen LogP contribution in [0.5, 0.6) is 0 Å². The van der Waals surface area contributed by atoms with E-state index >= 15 is 0 Å². The van der Waals surface area contributed by atoms with Gasteiger partial charge in [0.15, 0.2) is 0 Å². The molecule has 0 bridgehead atoms. The zero-order valence-electron chi connectivity index (χ0n) is 13.9. The molecule has 7 nitrogen and oxygen atoms in total. The largest absolute Gasteiger partial charge is 0.466 e. The van der Waals surface area contributed by atoms with Crippen LogP contribution < -0.4 is 10.9 Å². The molecule has 2 N–H and O–H groups in total. The summed E-state index contributed by atoms with van der Waals surface area (Å²) < 4.78 is 4.88. The lowest BCUT2D eigenvalue weighted by molar-refractivity contribution is -0.142. The van der Waals surface area contributed by atoms with Gasteiger partial charge in [-0.3, -0.25) is 20.4 Å². The van der Waals surface area contributed by atoms with Gasteiger partial charge >= 0.3 is 5.97 Å². The maximum absolute atomic E-state index is 12.2. The second kappa shape index (κ2) is 8.54. The molecule has 26 heavy (non-hydrogen) atoms. The number of carbonyl (C=O) groups is 2. The molecule has 9 heteroatoms. The molecule has 0 radical (unpaired) electrons. The van der Waals surface area contributed by atoms with Crippen LogP contribution in [0.4, 0.5) is 5.13 Å². The lowest BCUT2D eigenvalue weighted by Crippen LogP contribution is -2.29. The number of thiazole rings is 2. The van der Waals surface area contributed by atoms with Crippen LogP contribution in [0.15, 0.2) is 41.1 Å². The lowest BCUT2D eigenvalue weighted by atomic mass is 10.2. The van der Waals surface area contributed by atoms with Crippen molar-refractivity contribution in [2.24, 2.45) is 0 Å². The number of amides is 1. The summed E-state index contributed by atoms with van der Waals surface area (Å²) in [7, 11) is 0. The van der Waals surface area contributed by atoms with Gasteiger partial charge in [-0.15, -0.1) is 22.7 Å². The Morgan fingerprint density at radius 3 is 2.69 bits per heavy atom. The fourth-order valence-electron chi connectivity index (χ4n) is 2.07. The molecule has 3 aromatic rings. The van der Waals surface area contributed by atoms with E-state index in [-0.39, 0.29) is 18.3 Å². The highest BCUT2D eigenvalue weighted by atomic mass is 32.1. The summed E-state index contributed by atoms with van der Waals surface area (Å²) in [6.07, 6.45) is 0.104. The third-order valence-corrected chi connectivity index (χ3v) is 4.92. The van der Waals surface area contributed by atoms with Crippen LogP contribution in [0.2, 0.25) is 0 Å². The summed E-state index contributed by atoms with van der Waals surface area (Å²) in [4.78, 5) is 32.2. The summed E-state index contributed by atoms with van der Waals surface area (Å²) in [5.41, 5.74) is 7.17. The third kappa shape index (κ3) is 4.64. The van der Waals surface area contributed by atoms with Crippen molar-refractivity contribution >= 4 is 39.7 Å². The van der Waals surface area contributed by atoms with Gasteiger partial charge in [-0.05, 0) is 6.92 Å². The van der Waals surface area contributed by atoms with Gasteiger partial charge in [0.25, 0.3) is 5.91 Å². The van der Waals surface area contributed by atoms with E-state index in [1.165, 1.54) is 22.7 Å². The average Bonchev–Trinajstić information content (AvgIpc) is 3.30. The minimum absolute atomic E-state index is 0.104. The molecule has 1 amide bonds. The number of carbonyl (C=O) groups excluding carboxylic acids is 2. The quantitative estimate of drug-likeness (QED) is 0.477. The van der Waals surface area contributed by atoms with Crippen LogP contribution in [0.3, 0.4) is 0 Å². The zero-order chi connectivity index (χ0) is 18.4. The van der Waals surface area contributed by atoms with Crippen LogP contribution in [0.1, 0.15) is 23.1 Å². The summed E-state index contributed by atoms with van der Waals surface area (Å²) in [5.74, 6) is -0.685. The number of hydrogen-bond acceptors (Lipinski definition) is 8. The smallest absolute Gasteiger partial charge is 0.311 e. The van der Waals surface area contributed by atoms with Crippen molar-refractivity contribution in [2.45, 2.75) is 13.3 Å². The Bertz CT molecular complexity index is 892. The standard InChI is InChI=1S/C17H16N4O3S2/c1-2-24-14(22)8-12-9-26-17(18-12)21-20-15(23)13-10-25-16(19-13)11-6-4-3-5-7-11/h3-7,9-10H,2,8H2,1H3,(H,18,21)(H,20,23). The molecule has 0 aliphatic carbocycles. The molecule has 0 saturated heterocycles. The summed E-state index contributed by atoms with van der Waals surface area (Å²) in [6, 6.07) is 9.67. The molecule has 0 unspecified atom stereocenters. The van der Waals surface area contributed by atoms with E-state index in [2.05, 4.69) is 20.8 Å². The summed E-state index contributed by atoms with van der Waals surface area (Å²) >= 11 is 2.69. The van der Waals surface area contributed by atoms with Crippen LogP contribution in [-0.4, -0.2) is 28.5 Å². The van der Waals surface area contributed by atoms with Gasteiger partial charge in [0.2, 0.25) is 5.13 Å². The van der Waals surface area contributed by atoms with E-state index in [1.807, 2.05) is 30.3 Å². The first-order chi connectivity index (χ1) is 12.7. The number of nitrogens with zero attached hydrogens (tertiary/aromatic N) is 2. The molecule has 3 rings (SSSR count). The predicted octanol–water partition coefficient (Wildman–Crippen LogP) is 3.13. The summed E-state index contributed by atoms with van der Waals surface area (Å²) in [5, 5.41) is 4.70. The van der Waals surface area contributed by atoms with E-state index in [1.54, 1.807) is 17.7 Å². The van der Waals surface area contributed by atoms with Crippen LogP contribution in [-0.2, 0) is 16.0 Å². The Balaban J connectivity index is 1.55. The average molecular weight is 388 g/mol. The topological polar surface area (TPSA) is 93.2 Å². The highest BCUT2D eigenvalue weighted by Crippen LogP contribution is 2.23. The lowest BCUT2D eigenvalue weighted by Gasteiger charge is -2.03. The van der Waals surface area contributed by atoms with E-state index in [9.17, 15) is 9.59 Å². The van der Waals surface area contributed by atoms with Gasteiger partial charge < -0.3 is 4.74 Å². The van der Waals surface area contributed by atoms with Gasteiger partial charge in [-0.2, -0.15) is 0 Å². The van der Waals surface area contributed by atoms with E-state index < -0.39 is 0 Å². The molecule has 134 valence electrons. The molecule has 2 heterocycles. The first kappa shape index (κ1) is 18.0. The van der Waals surface area contributed by atoms with Crippen molar-refractivity contribution in [3.63, 3.8) is 0 Å². The maximum atomic E-state index is 12.2. The molecule has 0 saturated carbocycles. The Kier molecular flexibility index (Phi) is 5.92. The zero-order valence-corrected chi connectivity index (χ0v) is 15.5. The molecule has 0 aliphatic rings. The fourth-order valence-corrected chi connectivity index (χ4v) is 3.54. The molecule has 0 aliphatic heterocycles. The van der Waals surface area contributed by atoms with Crippen molar-refractivity contribution in [1.29, 1.82) is 0 Å². The maximum Gasteiger partial charge on any atom is 0.311 e. The second-order valence-electron chi connectivity index (χ2n) is 5.11. The van der Waals surface area contributed by atoms with Crippen LogP contribution in [0.25, 0.3) is 10.6 Å². The first-order valence-corrected chi connectivity index (χ1v) is 9.59. The van der Waals surface area contributed by atoms with Crippen molar-refractivity contribution in [1.82, 2.24) is 15.4 Å². The van der Waals surface area contributed by atoms with Gasteiger partial charge in [-0.1, -0.05) is 30.3 Å². The Hall–Kier alpha value is -2.78. The van der Waals surface area contributed by atoms with Crippen LogP contribution in [0, 0.1) is 0 Å². The molecular formula is C17H16N4O3S2. The van der Waals surface area contributed by atoms with Gasteiger partial charge in [-0.25, -0.2) is 9.97 Å². The molecule has 1 aromatic carbocycles. The second-order valence-corrected chi connectivity index (χ2v) is 6.83. The van der Waals surface area contributed by atoms with Crippen molar-refractivity contribution in [3.8, 4) is 10.6 Å². The molecule has 0 fully saturated rings. The first-order valence-electron chi connectivity index (χ1n) is 7.83. The molecule has 0 atom stereocenters. The number of hydrogen-bond donors (Lipinski definition) is 2. The van der Waals surface area contributed by atoms with Gasteiger partial charge in [0.1, 0.15) is 10.7 Å². The highest BCUT2D eigenvalue weighted by molar-refractivity contribution is 7.14. The Morgan fingerprint density at radius 1 is 1.12 bits per heavy atom. The van der Waals surface area contributed by atoms with Gasteiger partial charge in [0.05, 0.1) is 18.7 Å². The number of anilines is 1. The van der Waals surface area contributed by atoms with E-state index in [4.69, 9.17) is 4.74 Å². The summed E-state index contributed by atoms with van der Waals surface area (Å²) in [6.45, 7) is 2.09. The number of esters is 1. The predicted molar refractivity (Wildman–Crippen MR) is 101 cm³/mol. The van der Waals surface area contributed by atoms with E-state index in [0.29, 0.717) is 23.1 Å². The van der Waals surface area contributed by atoms with Crippen molar-refractivity contribution in [3.05, 3.63) is 52.5 Å². The number of rotatable bonds is 7. The fraction of sp³-hybridized carbons (Fsp3) is 0.176. The SMILES string of the molecule is CCOC(=O)Cc1csc(NNC(=O)c2csc(-c3ccccc3)n2)n1. The number of nitrogens with one attached hydrogen (secondary N) is 2. The highest BCUT2D eigenvalue weighted by Gasteiger charge is 2.13. The van der Waals surface area contributed by atoms with Crippen LogP contribution >= 0.6 is 22.7 Å². The normalized spacial score (nSPS) is 10.3. The number of benzene rings is 1. The Labute approximate surface area is 158 Å². The third-order valence-electron chi connectivity index (χ3n) is 3.22. The Morgan fingerprint density at radius 2 is 1.92 bits per heavy atom. The van der Waals surface area contributed by atoms with E-state index in [0.717, 1.165) is 10.6 Å². The molecule has 2 aromatic heterocycles. The van der Waals surface area contributed by atoms with Gasteiger partial charge in [0, 0.05) is 16.3 Å². The number of hydrazine groups is 1. The molecular weight excluding hydrogens is 372 g/mol. The number of aromatic nitrogens is 2. The minimum atomic E-state index is -0.356. The minimum Gasteiger partial charge on any atom is -0.466 e. The van der Waals surface area contributed by atoms with Crippen molar-refractivity contribution < 1.29 is 14.3 Å². The van der Waals surface area contributed by atoms with Crippen molar-refractivity contribution in [2.75, 3.05) is 12.0 Å². The molecule has 0 spiro atoms. The number of ether oxygens (including phenoxy) is 1.